The molecule has 0 bridgehead atoms. The highest BCUT2D eigenvalue weighted by Crippen LogP contribution is 2.14. The molecule has 8 heteroatoms. The van der Waals surface area contributed by atoms with Crippen LogP contribution in [-0.4, -0.2) is 27.3 Å². The minimum absolute atomic E-state index is 0.197. The van der Waals surface area contributed by atoms with Crippen molar-refractivity contribution in [2.24, 2.45) is 0 Å². The molecule has 0 spiro atoms. The van der Waals surface area contributed by atoms with Gasteiger partial charge in [-0.1, -0.05) is 15.7 Å². The van der Waals surface area contributed by atoms with Crippen LogP contribution in [0.5, 0.6) is 5.75 Å². The Labute approximate surface area is 107 Å². The Balaban J connectivity index is 1.73. The molecule has 0 saturated carbocycles. The smallest absolute Gasteiger partial charge is 0.231 e. The third kappa shape index (κ3) is 3.67. The normalized spacial score (nSPS) is 10.0. The van der Waals surface area contributed by atoms with E-state index in [4.69, 9.17) is 10.5 Å². The van der Waals surface area contributed by atoms with Crippen LogP contribution in [-0.2, 0) is 4.79 Å². The van der Waals surface area contributed by atoms with Crippen molar-refractivity contribution < 1.29 is 9.53 Å². The van der Waals surface area contributed by atoms with Gasteiger partial charge in [-0.25, -0.2) is 0 Å². The fourth-order valence-corrected chi connectivity index (χ4v) is 1.61. The number of amides is 1. The number of anilines is 2. The van der Waals surface area contributed by atoms with Gasteiger partial charge in [-0.2, -0.15) is 0 Å². The van der Waals surface area contributed by atoms with Gasteiger partial charge < -0.3 is 10.5 Å². The van der Waals surface area contributed by atoms with Crippen molar-refractivity contribution in [2.45, 2.75) is 6.42 Å². The zero-order valence-electron chi connectivity index (χ0n) is 9.37. The SMILES string of the molecule is Nc1cccc(OCCC(=O)Nc2nnns2)c1. The molecule has 3 N–H and O–H groups in total. The van der Waals surface area contributed by atoms with Gasteiger partial charge in [0.2, 0.25) is 11.0 Å². The highest BCUT2D eigenvalue weighted by atomic mass is 32.1. The van der Waals surface area contributed by atoms with Crippen LogP contribution in [0.3, 0.4) is 0 Å². The van der Waals surface area contributed by atoms with Gasteiger partial charge in [0.15, 0.2) is 0 Å². The molecule has 2 aromatic rings. The third-order valence-corrected chi connectivity index (χ3v) is 2.51. The van der Waals surface area contributed by atoms with Crippen LogP contribution < -0.4 is 15.8 Å². The predicted molar refractivity (Wildman–Crippen MR) is 67.3 cm³/mol. The molecular formula is C10H11N5O2S. The Morgan fingerprint density at radius 3 is 3.11 bits per heavy atom. The maximum Gasteiger partial charge on any atom is 0.231 e. The number of ether oxygens (including phenoxy) is 1. The summed E-state index contributed by atoms with van der Waals surface area (Å²) in [4.78, 5) is 11.5. The Morgan fingerprint density at radius 2 is 2.39 bits per heavy atom. The molecule has 0 aliphatic carbocycles. The summed E-state index contributed by atoms with van der Waals surface area (Å²) in [7, 11) is 0. The van der Waals surface area contributed by atoms with E-state index >= 15 is 0 Å². The van der Waals surface area contributed by atoms with Gasteiger partial charge in [0, 0.05) is 23.3 Å². The molecule has 0 radical (unpaired) electrons. The summed E-state index contributed by atoms with van der Waals surface area (Å²) in [5.41, 5.74) is 6.22. The number of nitrogens with two attached hydrogens (primary N) is 1. The van der Waals surface area contributed by atoms with Crippen LogP contribution in [0.1, 0.15) is 6.42 Å². The van der Waals surface area contributed by atoms with Crippen molar-refractivity contribution >= 4 is 28.3 Å². The number of aromatic nitrogens is 3. The van der Waals surface area contributed by atoms with Crippen molar-refractivity contribution in [1.29, 1.82) is 0 Å². The standard InChI is InChI=1S/C10H11N5O2S/c11-7-2-1-3-8(6-7)17-5-4-9(16)12-10-13-14-15-18-10/h1-3,6H,4-5,11H2,(H,12,13,15,16). The first-order valence-corrected chi connectivity index (χ1v) is 5.94. The highest BCUT2D eigenvalue weighted by molar-refractivity contribution is 7.09. The van der Waals surface area contributed by atoms with Crippen LogP contribution in [0.25, 0.3) is 0 Å². The maximum atomic E-state index is 11.5. The largest absolute Gasteiger partial charge is 0.493 e. The Bertz CT molecular complexity index is 517. The van der Waals surface area contributed by atoms with E-state index in [2.05, 4.69) is 20.1 Å². The van der Waals surface area contributed by atoms with Crippen LogP contribution in [0, 0.1) is 0 Å². The summed E-state index contributed by atoms with van der Waals surface area (Å²) in [6, 6.07) is 7.04. The number of hydrogen-bond donors (Lipinski definition) is 2. The van der Waals surface area contributed by atoms with Crippen molar-refractivity contribution in [3.05, 3.63) is 24.3 Å². The lowest BCUT2D eigenvalue weighted by Gasteiger charge is -2.06. The van der Waals surface area contributed by atoms with Crippen LogP contribution in [0.4, 0.5) is 10.8 Å². The van der Waals surface area contributed by atoms with Crippen LogP contribution >= 0.6 is 11.5 Å². The van der Waals surface area contributed by atoms with Gasteiger partial charge in [0.05, 0.1) is 13.0 Å². The molecule has 0 aliphatic rings. The summed E-state index contributed by atoms with van der Waals surface area (Å²) < 4.78 is 8.92. The molecule has 0 unspecified atom stereocenters. The van der Waals surface area contributed by atoms with Crippen LogP contribution in [0.15, 0.2) is 24.3 Å². The number of benzene rings is 1. The fraction of sp³-hybridized carbons (Fsp3) is 0.200. The van der Waals surface area contributed by atoms with Gasteiger partial charge in [-0.3, -0.25) is 10.1 Å². The first-order chi connectivity index (χ1) is 8.74. The second kappa shape index (κ2) is 5.92. The molecule has 94 valence electrons. The number of nitrogen functional groups attached to an aromatic ring is 1. The molecular weight excluding hydrogens is 254 g/mol. The van der Waals surface area contributed by atoms with Gasteiger partial charge in [-0.05, 0) is 17.3 Å². The zero-order valence-corrected chi connectivity index (χ0v) is 10.2. The molecule has 2 rings (SSSR count). The van der Waals surface area contributed by atoms with Gasteiger partial charge in [0.1, 0.15) is 5.75 Å². The average Bonchev–Trinajstić information content (AvgIpc) is 2.82. The number of nitrogens with zero attached hydrogens (tertiary/aromatic N) is 3. The van der Waals surface area contributed by atoms with E-state index in [9.17, 15) is 4.79 Å². The second-order valence-corrected chi connectivity index (χ2v) is 4.12. The van der Waals surface area contributed by atoms with E-state index < -0.39 is 0 Å². The Kier molecular flexibility index (Phi) is 4.02. The lowest BCUT2D eigenvalue weighted by atomic mass is 10.3. The van der Waals surface area contributed by atoms with E-state index in [1.807, 2.05) is 0 Å². The van der Waals surface area contributed by atoms with Gasteiger partial charge in [-0.15, -0.1) is 0 Å². The molecule has 0 saturated heterocycles. The molecule has 1 aromatic carbocycles. The first-order valence-electron chi connectivity index (χ1n) is 5.17. The van der Waals surface area contributed by atoms with E-state index in [0.717, 1.165) is 11.5 Å². The summed E-state index contributed by atoms with van der Waals surface area (Å²) in [5.74, 6) is 0.442. The van der Waals surface area contributed by atoms with Crippen molar-refractivity contribution in [3.63, 3.8) is 0 Å². The lowest BCUT2D eigenvalue weighted by molar-refractivity contribution is -0.116. The molecule has 1 heterocycles. The first kappa shape index (κ1) is 12.2. The molecule has 18 heavy (non-hydrogen) atoms. The molecule has 0 fully saturated rings. The van der Waals surface area contributed by atoms with E-state index in [1.165, 1.54) is 0 Å². The highest BCUT2D eigenvalue weighted by Gasteiger charge is 2.05. The number of nitrogens with one attached hydrogen (secondary N) is 1. The maximum absolute atomic E-state index is 11.5. The van der Waals surface area contributed by atoms with Crippen molar-refractivity contribution in [3.8, 4) is 5.75 Å². The summed E-state index contributed by atoms with van der Waals surface area (Å²) >= 11 is 1.02. The topological polar surface area (TPSA) is 103 Å². The molecule has 0 atom stereocenters. The minimum Gasteiger partial charge on any atom is -0.493 e. The predicted octanol–water partition coefficient (Wildman–Crippen LogP) is 0.923. The quantitative estimate of drug-likeness (QED) is 0.779. The molecule has 1 aromatic heterocycles. The molecule has 7 nitrogen and oxygen atoms in total. The summed E-state index contributed by atoms with van der Waals surface area (Å²) in [6.07, 6.45) is 0.217. The second-order valence-electron chi connectivity index (χ2n) is 3.39. The van der Waals surface area contributed by atoms with Crippen LogP contribution in [0.2, 0.25) is 0 Å². The number of carbonyl (C=O) groups is 1. The van der Waals surface area contributed by atoms with Gasteiger partial charge >= 0.3 is 0 Å². The van der Waals surface area contributed by atoms with Gasteiger partial charge in [0.25, 0.3) is 0 Å². The minimum atomic E-state index is -0.197. The van der Waals surface area contributed by atoms with E-state index in [0.29, 0.717) is 16.6 Å². The zero-order chi connectivity index (χ0) is 12.8. The Morgan fingerprint density at radius 1 is 1.50 bits per heavy atom. The molecule has 0 aliphatic heterocycles. The third-order valence-electron chi connectivity index (χ3n) is 2.00. The average molecular weight is 265 g/mol. The number of rotatable bonds is 5. The summed E-state index contributed by atoms with van der Waals surface area (Å²) in [6.45, 7) is 0.265. The molecule has 1 amide bonds. The Hall–Kier alpha value is -2.22. The van der Waals surface area contributed by atoms with Crippen molar-refractivity contribution in [1.82, 2.24) is 14.8 Å². The number of carbonyl (C=O) groups excluding carboxylic acids is 1. The fourth-order valence-electron chi connectivity index (χ4n) is 1.23. The van der Waals surface area contributed by atoms with Crippen molar-refractivity contribution in [2.75, 3.05) is 17.7 Å². The summed E-state index contributed by atoms with van der Waals surface area (Å²) in [5, 5.41) is 9.91. The van der Waals surface area contributed by atoms with E-state index in [1.54, 1.807) is 24.3 Å². The van der Waals surface area contributed by atoms with E-state index in [-0.39, 0.29) is 18.9 Å². The number of hydrogen-bond acceptors (Lipinski definition) is 7. The lowest BCUT2D eigenvalue weighted by Crippen LogP contribution is -2.15. The monoisotopic (exact) mass is 265 g/mol.